The molecule has 3 aromatic rings. The Balaban J connectivity index is 1.66. The first-order valence-corrected chi connectivity index (χ1v) is 14.4. The van der Waals surface area contributed by atoms with E-state index in [4.69, 9.17) is 4.74 Å². The maximum atomic E-state index is 14.7. The molecule has 3 N–H and O–H groups in total. The SMILES string of the molecule is Cc1cc(Nc2ncc(F)c(Nc3cn(C)nc3S(=O)(=O)C(C)C)n2)c(OC(C)C)cc1C1CCNCC1. The Kier molecular flexibility index (Phi) is 8.22. The predicted octanol–water partition coefficient (Wildman–Crippen LogP) is 4.58. The Morgan fingerprint density at radius 3 is 2.50 bits per heavy atom. The second kappa shape index (κ2) is 11.2. The summed E-state index contributed by atoms with van der Waals surface area (Å²) in [5.41, 5.74) is 3.17. The monoisotopic (exact) mass is 545 g/mol. The largest absolute Gasteiger partial charge is 0.489 e. The van der Waals surface area contributed by atoms with Gasteiger partial charge in [0.2, 0.25) is 20.8 Å². The molecular formula is C26H36FN7O3S. The van der Waals surface area contributed by atoms with Gasteiger partial charge in [-0.05, 0) is 89.7 Å². The maximum Gasteiger partial charge on any atom is 0.229 e. The molecule has 0 saturated carbocycles. The van der Waals surface area contributed by atoms with Crippen LogP contribution in [-0.2, 0) is 16.9 Å². The van der Waals surface area contributed by atoms with Crippen molar-refractivity contribution in [2.45, 2.75) is 69.8 Å². The van der Waals surface area contributed by atoms with Crippen LogP contribution in [0.1, 0.15) is 57.6 Å². The molecule has 1 aliphatic rings. The summed E-state index contributed by atoms with van der Waals surface area (Å²) in [6.45, 7) is 11.1. The average molecular weight is 546 g/mol. The van der Waals surface area contributed by atoms with E-state index in [1.807, 2.05) is 19.9 Å². The first kappa shape index (κ1) is 27.8. The van der Waals surface area contributed by atoms with E-state index in [-0.39, 0.29) is 28.6 Å². The van der Waals surface area contributed by atoms with E-state index >= 15 is 0 Å². The number of hydrogen-bond acceptors (Lipinski definition) is 9. The Bertz CT molecular complexity index is 1400. The van der Waals surface area contributed by atoms with Crippen molar-refractivity contribution < 1.29 is 17.5 Å². The van der Waals surface area contributed by atoms with Gasteiger partial charge in [0, 0.05) is 13.2 Å². The Morgan fingerprint density at radius 2 is 1.84 bits per heavy atom. The van der Waals surface area contributed by atoms with Crippen LogP contribution in [0.3, 0.4) is 0 Å². The maximum absolute atomic E-state index is 14.7. The lowest BCUT2D eigenvalue weighted by Crippen LogP contribution is -2.27. The van der Waals surface area contributed by atoms with Crippen LogP contribution in [0.5, 0.6) is 5.75 Å². The predicted molar refractivity (Wildman–Crippen MR) is 146 cm³/mol. The van der Waals surface area contributed by atoms with Gasteiger partial charge in [-0.25, -0.2) is 17.8 Å². The number of piperidine rings is 1. The molecule has 0 radical (unpaired) electrons. The van der Waals surface area contributed by atoms with Crippen LogP contribution < -0.4 is 20.7 Å². The highest BCUT2D eigenvalue weighted by molar-refractivity contribution is 7.92. The number of ether oxygens (including phenoxy) is 1. The molecule has 0 amide bonds. The number of anilines is 4. The van der Waals surface area contributed by atoms with Crippen molar-refractivity contribution in [3.8, 4) is 5.75 Å². The van der Waals surface area contributed by atoms with Gasteiger partial charge >= 0.3 is 0 Å². The summed E-state index contributed by atoms with van der Waals surface area (Å²) < 4.78 is 47.8. The van der Waals surface area contributed by atoms with Gasteiger partial charge in [-0.2, -0.15) is 10.1 Å². The van der Waals surface area contributed by atoms with Crippen LogP contribution in [0, 0.1) is 12.7 Å². The topological polar surface area (TPSA) is 123 Å². The second-order valence-electron chi connectivity index (χ2n) is 10.2. The van der Waals surface area contributed by atoms with E-state index in [0.29, 0.717) is 17.4 Å². The van der Waals surface area contributed by atoms with Crippen LogP contribution in [-0.4, -0.2) is 52.6 Å². The highest BCUT2D eigenvalue weighted by atomic mass is 32.2. The third-order valence-corrected chi connectivity index (χ3v) is 8.52. The van der Waals surface area contributed by atoms with Gasteiger partial charge in [-0.1, -0.05) is 0 Å². The fraction of sp³-hybridized carbons (Fsp3) is 0.500. The minimum absolute atomic E-state index is 0.0580. The van der Waals surface area contributed by atoms with Crippen molar-refractivity contribution in [2.24, 2.45) is 7.05 Å². The summed E-state index contributed by atoms with van der Waals surface area (Å²) in [6.07, 6.45) is 4.57. The molecule has 0 atom stereocenters. The lowest BCUT2D eigenvalue weighted by molar-refractivity contribution is 0.243. The van der Waals surface area contributed by atoms with Gasteiger partial charge in [0.15, 0.2) is 11.6 Å². The third-order valence-electron chi connectivity index (χ3n) is 6.44. The van der Waals surface area contributed by atoms with Crippen LogP contribution in [0.4, 0.5) is 27.5 Å². The smallest absolute Gasteiger partial charge is 0.229 e. The molecule has 1 aliphatic heterocycles. The van der Waals surface area contributed by atoms with Crippen molar-refractivity contribution in [3.63, 3.8) is 0 Å². The number of aryl methyl sites for hydroxylation is 2. The summed E-state index contributed by atoms with van der Waals surface area (Å²) >= 11 is 0. The molecule has 10 nitrogen and oxygen atoms in total. The molecule has 0 unspecified atom stereocenters. The van der Waals surface area contributed by atoms with Gasteiger partial charge in [0.05, 0.1) is 28.9 Å². The second-order valence-corrected chi connectivity index (χ2v) is 12.6. The number of nitrogens with zero attached hydrogens (tertiary/aromatic N) is 4. The molecule has 0 aliphatic carbocycles. The Morgan fingerprint density at radius 1 is 1.13 bits per heavy atom. The summed E-state index contributed by atoms with van der Waals surface area (Å²) in [6, 6.07) is 4.08. The molecule has 0 bridgehead atoms. The summed E-state index contributed by atoms with van der Waals surface area (Å²) in [7, 11) is -2.11. The number of nitrogens with one attached hydrogen (secondary N) is 3. The van der Waals surface area contributed by atoms with E-state index in [0.717, 1.165) is 37.7 Å². The number of halogens is 1. The van der Waals surface area contributed by atoms with Crippen molar-refractivity contribution >= 4 is 33.0 Å². The minimum Gasteiger partial charge on any atom is -0.489 e. The molecule has 0 spiro atoms. The lowest BCUT2D eigenvalue weighted by Gasteiger charge is -2.26. The van der Waals surface area contributed by atoms with Crippen molar-refractivity contribution in [1.82, 2.24) is 25.1 Å². The van der Waals surface area contributed by atoms with Crippen LogP contribution >= 0.6 is 0 Å². The van der Waals surface area contributed by atoms with Crippen molar-refractivity contribution in [1.29, 1.82) is 0 Å². The first-order valence-electron chi connectivity index (χ1n) is 12.8. The molecule has 12 heteroatoms. The fourth-order valence-corrected chi connectivity index (χ4v) is 5.58. The van der Waals surface area contributed by atoms with E-state index in [1.54, 1.807) is 20.9 Å². The first-order chi connectivity index (χ1) is 18.0. The normalized spacial score (nSPS) is 14.8. The van der Waals surface area contributed by atoms with Gasteiger partial charge in [0.25, 0.3) is 0 Å². The molecule has 1 fully saturated rings. The number of aromatic nitrogens is 4. The minimum atomic E-state index is -3.71. The van der Waals surface area contributed by atoms with Crippen LogP contribution in [0.2, 0.25) is 0 Å². The molecule has 38 heavy (non-hydrogen) atoms. The summed E-state index contributed by atoms with van der Waals surface area (Å²) in [5, 5.41) is 12.6. The third kappa shape index (κ3) is 6.07. The standard InChI is InChI=1S/C26H36FN7O3S/c1-15(2)37-23-12-19(18-7-9-28-10-8-18)17(5)11-21(23)31-26-29-13-20(27)24(32-26)30-22-14-34(6)33-25(22)38(35,36)16(3)4/h11-16,18,28H,7-10H2,1-6H3,(H2,29,30,31,32). The molecular weight excluding hydrogens is 509 g/mol. The van der Waals surface area contributed by atoms with Crippen LogP contribution in [0.15, 0.2) is 29.6 Å². The average Bonchev–Trinajstić information content (AvgIpc) is 3.23. The van der Waals surface area contributed by atoms with E-state index in [9.17, 15) is 12.8 Å². The quantitative estimate of drug-likeness (QED) is 0.354. The molecule has 3 heterocycles. The number of rotatable bonds is 9. The lowest BCUT2D eigenvalue weighted by atomic mass is 9.87. The molecule has 4 rings (SSSR count). The summed E-state index contributed by atoms with van der Waals surface area (Å²) in [4.78, 5) is 8.40. The highest BCUT2D eigenvalue weighted by Crippen LogP contribution is 2.37. The van der Waals surface area contributed by atoms with Crippen LogP contribution in [0.25, 0.3) is 0 Å². The van der Waals surface area contributed by atoms with E-state index in [1.165, 1.54) is 16.4 Å². The summed E-state index contributed by atoms with van der Waals surface area (Å²) in [5.74, 6) is 0.342. The van der Waals surface area contributed by atoms with Gasteiger partial charge < -0.3 is 20.7 Å². The van der Waals surface area contributed by atoms with E-state index in [2.05, 4.69) is 44.0 Å². The fourth-order valence-electron chi connectivity index (χ4n) is 4.48. The molecule has 2 aromatic heterocycles. The van der Waals surface area contributed by atoms with Crippen molar-refractivity contribution in [3.05, 3.63) is 41.5 Å². The molecule has 1 saturated heterocycles. The number of sulfone groups is 1. The zero-order valence-electron chi connectivity index (χ0n) is 22.7. The number of benzene rings is 1. The molecule has 1 aromatic carbocycles. The Labute approximate surface area is 223 Å². The van der Waals surface area contributed by atoms with Gasteiger partial charge in [-0.15, -0.1) is 0 Å². The zero-order chi connectivity index (χ0) is 27.6. The van der Waals surface area contributed by atoms with E-state index < -0.39 is 20.9 Å². The number of hydrogen-bond donors (Lipinski definition) is 3. The van der Waals surface area contributed by atoms with Crippen molar-refractivity contribution in [2.75, 3.05) is 23.7 Å². The Hall–Kier alpha value is -3.25. The zero-order valence-corrected chi connectivity index (χ0v) is 23.5. The highest BCUT2D eigenvalue weighted by Gasteiger charge is 2.27. The van der Waals surface area contributed by atoms with Gasteiger partial charge in [-0.3, -0.25) is 4.68 Å². The van der Waals surface area contributed by atoms with Gasteiger partial charge in [0.1, 0.15) is 5.75 Å². The molecule has 206 valence electrons.